The standard InChI is InChI=1S/C17H18N2OS/c18-17-19-15-9-8-13(11-16(15)21-17)7-4-10-20-12-14-5-2-1-3-6-14/h1-3,5-6,8-9,11H,4,7,10,12H2,(H2,18,19). The molecule has 3 aromatic rings. The molecule has 1 aromatic heterocycles. The summed E-state index contributed by atoms with van der Waals surface area (Å²) in [5.74, 6) is 0. The van der Waals surface area contributed by atoms with Gasteiger partial charge in [0.25, 0.3) is 0 Å². The molecule has 0 atom stereocenters. The SMILES string of the molecule is Nc1nc2ccc(CCCOCc3ccccc3)cc2s1. The highest BCUT2D eigenvalue weighted by Crippen LogP contribution is 2.24. The highest BCUT2D eigenvalue weighted by atomic mass is 32.1. The van der Waals surface area contributed by atoms with Gasteiger partial charge in [0.15, 0.2) is 5.13 Å². The number of nitrogens with zero attached hydrogens (tertiary/aromatic N) is 1. The van der Waals surface area contributed by atoms with Crippen molar-refractivity contribution in [2.45, 2.75) is 19.4 Å². The number of anilines is 1. The van der Waals surface area contributed by atoms with E-state index in [1.54, 1.807) is 11.3 Å². The fourth-order valence-corrected chi connectivity index (χ4v) is 3.08. The Morgan fingerprint density at radius 3 is 2.76 bits per heavy atom. The number of hydrogen-bond donors (Lipinski definition) is 1. The summed E-state index contributed by atoms with van der Waals surface area (Å²) in [5.41, 5.74) is 9.25. The van der Waals surface area contributed by atoms with E-state index in [1.165, 1.54) is 11.1 Å². The quantitative estimate of drug-likeness (QED) is 0.699. The molecule has 4 heteroatoms. The van der Waals surface area contributed by atoms with Gasteiger partial charge in [0, 0.05) is 6.61 Å². The van der Waals surface area contributed by atoms with Gasteiger partial charge in [-0.15, -0.1) is 0 Å². The Morgan fingerprint density at radius 1 is 1.05 bits per heavy atom. The summed E-state index contributed by atoms with van der Waals surface area (Å²) >= 11 is 1.54. The van der Waals surface area contributed by atoms with Crippen LogP contribution in [-0.4, -0.2) is 11.6 Å². The van der Waals surface area contributed by atoms with Crippen molar-refractivity contribution in [2.75, 3.05) is 12.3 Å². The molecule has 0 aliphatic carbocycles. The number of thiazole rings is 1. The molecule has 0 radical (unpaired) electrons. The Labute approximate surface area is 128 Å². The third-order valence-electron chi connectivity index (χ3n) is 3.34. The van der Waals surface area contributed by atoms with Crippen LogP contribution in [-0.2, 0) is 17.8 Å². The van der Waals surface area contributed by atoms with Crippen LogP contribution >= 0.6 is 11.3 Å². The maximum absolute atomic E-state index is 5.72. The largest absolute Gasteiger partial charge is 0.377 e. The van der Waals surface area contributed by atoms with Crippen LogP contribution in [0.2, 0.25) is 0 Å². The number of aryl methyl sites for hydroxylation is 1. The molecule has 0 aliphatic heterocycles. The molecular formula is C17H18N2OS. The van der Waals surface area contributed by atoms with Crippen LogP contribution in [0, 0.1) is 0 Å². The average molecular weight is 298 g/mol. The summed E-state index contributed by atoms with van der Waals surface area (Å²) in [5, 5.41) is 0.633. The maximum atomic E-state index is 5.72. The zero-order chi connectivity index (χ0) is 14.5. The van der Waals surface area contributed by atoms with E-state index >= 15 is 0 Å². The Bertz CT molecular complexity index is 709. The van der Waals surface area contributed by atoms with E-state index in [2.05, 4.69) is 29.2 Å². The second kappa shape index (κ2) is 6.70. The molecule has 0 fully saturated rings. The van der Waals surface area contributed by atoms with Crippen molar-refractivity contribution in [1.82, 2.24) is 4.98 Å². The second-order valence-corrected chi connectivity index (χ2v) is 6.06. The Hall–Kier alpha value is -1.91. The molecule has 1 heterocycles. The Balaban J connectivity index is 1.46. The smallest absolute Gasteiger partial charge is 0.181 e. The van der Waals surface area contributed by atoms with Gasteiger partial charge in [-0.25, -0.2) is 4.98 Å². The van der Waals surface area contributed by atoms with Gasteiger partial charge < -0.3 is 10.5 Å². The number of benzene rings is 2. The predicted molar refractivity (Wildman–Crippen MR) is 88.5 cm³/mol. The third kappa shape index (κ3) is 3.80. The fraction of sp³-hybridized carbons (Fsp3) is 0.235. The number of ether oxygens (including phenoxy) is 1. The highest BCUT2D eigenvalue weighted by Gasteiger charge is 2.02. The number of hydrogen-bond acceptors (Lipinski definition) is 4. The van der Waals surface area contributed by atoms with Crippen molar-refractivity contribution < 1.29 is 4.74 Å². The summed E-state index contributed by atoms with van der Waals surface area (Å²) in [6, 6.07) is 16.6. The van der Waals surface area contributed by atoms with Gasteiger partial charge in [-0.1, -0.05) is 47.7 Å². The molecule has 0 spiro atoms. The Morgan fingerprint density at radius 2 is 1.90 bits per heavy atom. The molecule has 2 aromatic carbocycles. The van der Waals surface area contributed by atoms with E-state index in [0.717, 1.165) is 29.7 Å². The monoisotopic (exact) mass is 298 g/mol. The van der Waals surface area contributed by atoms with Gasteiger partial charge >= 0.3 is 0 Å². The van der Waals surface area contributed by atoms with Crippen LogP contribution in [0.5, 0.6) is 0 Å². The number of nitrogens with two attached hydrogens (primary N) is 1. The number of rotatable bonds is 6. The summed E-state index contributed by atoms with van der Waals surface area (Å²) in [4.78, 5) is 4.27. The lowest BCUT2D eigenvalue weighted by atomic mass is 10.1. The maximum Gasteiger partial charge on any atom is 0.181 e. The van der Waals surface area contributed by atoms with Gasteiger partial charge in [-0.2, -0.15) is 0 Å². The molecular weight excluding hydrogens is 280 g/mol. The molecule has 0 saturated heterocycles. The number of fused-ring (bicyclic) bond motifs is 1. The zero-order valence-corrected chi connectivity index (χ0v) is 12.6. The molecule has 0 saturated carbocycles. The van der Waals surface area contributed by atoms with Gasteiger partial charge in [-0.05, 0) is 36.1 Å². The molecule has 108 valence electrons. The minimum absolute atomic E-state index is 0.633. The fourth-order valence-electron chi connectivity index (χ4n) is 2.28. The third-order valence-corrected chi connectivity index (χ3v) is 4.18. The zero-order valence-electron chi connectivity index (χ0n) is 11.8. The first kappa shape index (κ1) is 14.0. The van der Waals surface area contributed by atoms with Gasteiger partial charge in [0.2, 0.25) is 0 Å². The van der Waals surface area contributed by atoms with Crippen molar-refractivity contribution in [3.8, 4) is 0 Å². The van der Waals surface area contributed by atoms with Crippen LogP contribution < -0.4 is 5.73 Å². The predicted octanol–water partition coefficient (Wildman–Crippen LogP) is 4.03. The van der Waals surface area contributed by atoms with Crippen LogP contribution in [0.25, 0.3) is 10.2 Å². The van der Waals surface area contributed by atoms with Gasteiger partial charge in [0.05, 0.1) is 16.8 Å². The summed E-state index contributed by atoms with van der Waals surface area (Å²) < 4.78 is 6.87. The van der Waals surface area contributed by atoms with Crippen LogP contribution in [0.1, 0.15) is 17.5 Å². The molecule has 3 nitrogen and oxygen atoms in total. The lowest BCUT2D eigenvalue weighted by Gasteiger charge is -2.04. The summed E-state index contributed by atoms with van der Waals surface area (Å²) in [7, 11) is 0. The molecule has 0 amide bonds. The van der Waals surface area contributed by atoms with Crippen LogP contribution in [0.4, 0.5) is 5.13 Å². The van der Waals surface area contributed by atoms with E-state index in [1.807, 2.05) is 24.3 Å². The van der Waals surface area contributed by atoms with E-state index in [-0.39, 0.29) is 0 Å². The van der Waals surface area contributed by atoms with E-state index in [9.17, 15) is 0 Å². The lowest BCUT2D eigenvalue weighted by molar-refractivity contribution is 0.118. The average Bonchev–Trinajstić information content (AvgIpc) is 2.87. The van der Waals surface area contributed by atoms with Crippen molar-refractivity contribution >= 4 is 26.7 Å². The van der Waals surface area contributed by atoms with Crippen LogP contribution in [0.3, 0.4) is 0 Å². The van der Waals surface area contributed by atoms with E-state index in [0.29, 0.717) is 11.7 Å². The van der Waals surface area contributed by atoms with Crippen molar-refractivity contribution in [3.63, 3.8) is 0 Å². The number of nitrogen functional groups attached to an aromatic ring is 1. The first-order chi connectivity index (χ1) is 10.3. The first-order valence-corrected chi connectivity index (χ1v) is 7.89. The topological polar surface area (TPSA) is 48.1 Å². The number of aromatic nitrogens is 1. The highest BCUT2D eigenvalue weighted by molar-refractivity contribution is 7.22. The van der Waals surface area contributed by atoms with E-state index in [4.69, 9.17) is 10.5 Å². The summed E-state index contributed by atoms with van der Waals surface area (Å²) in [6.45, 7) is 1.46. The van der Waals surface area contributed by atoms with Gasteiger partial charge in [0.1, 0.15) is 0 Å². The first-order valence-electron chi connectivity index (χ1n) is 7.08. The molecule has 21 heavy (non-hydrogen) atoms. The van der Waals surface area contributed by atoms with Crippen molar-refractivity contribution in [1.29, 1.82) is 0 Å². The lowest BCUT2D eigenvalue weighted by Crippen LogP contribution is -1.97. The second-order valence-electron chi connectivity index (χ2n) is 5.00. The minimum Gasteiger partial charge on any atom is -0.377 e. The molecule has 3 rings (SSSR count). The van der Waals surface area contributed by atoms with E-state index < -0.39 is 0 Å². The minimum atomic E-state index is 0.633. The normalized spacial score (nSPS) is 11.0. The van der Waals surface area contributed by atoms with Crippen LogP contribution in [0.15, 0.2) is 48.5 Å². The summed E-state index contributed by atoms with van der Waals surface area (Å²) in [6.07, 6.45) is 2.04. The van der Waals surface area contributed by atoms with Crippen molar-refractivity contribution in [2.24, 2.45) is 0 Å². The van der Waals surface area contributed by atoms with Crippen molar-refractivity contribution in [3.05, 3.63) is 59.7 Å². The molecule has 0 bridgehead atoms. The molecule has 0 aliphatic rings. The molecule has 2 N–H and O–H groups in total. The molecule has 0 unspecified atom stereocenters. The van der Waals surface area contributed by atoms with Gasteiger partial charge in [-0.3, -0.25) is 0 Å². The Kier molecular flexibility index (Phi) is 4.48.